The lowest BCUT2D eigenvalue weighted by molar-refractivity contribution is -0.163. The van der Waals surface area contributed by atoms with Crippen molar-refractivity contribution in [2.24, 2.45) is 16.2 Å². The van der Waals surface area contributed by atoms with Gasteiger partial charge in [0.05, 0.1) is 10.8 Å². The van der Waals surface area contributed by atoms with Gasteiger partial charge in [0.2, 0.25) is 0 Å². The predicted molar refractivity (Wildman–Crippen MR) is 101 cm³/mol. The second kappa shape index (κ2) is 8.86. The molecule has 0 aromatic carbocycles. The van der Waals surface area contributed by atoms with Crippen molar-refractivity contribution in [1.82, 2.24) is 0 Å². The number of unbranched alkanes of at least 4 members (excludes halogenated alkanes) is 4. The number of allylic oxidation sites excluding steroid dienone is 1. The molecule has 0 fully saturated rings. The van der Waals surface area contributed by atoms with Gasteiger partial charge in [0, 0.05) is 0 Å². The minimum Gasteiger partial charge on any atom is -0.481 e. The van der Waals surface area contributed by atoms with Gasteiger partial charge in [0.25, 0.3) is 0 Å². The smallest absolute Gasteiger partial charge is 0.314 e. The average molecular weight is 353 g/mol. The van der Waals surface area contributed by atoms with Gasteiger partial charge in [-0.05, 0) is 31.1 Å². The van der Waals surface area contributed by atoms with Crippen molar-refractivity contribution in [2.45, 2.75) is 91.9 Å². The van der Waals surface area contributed by atoms with Gasteiger partial charge in [-0.3, -0.25) is 9.59 Å². The molecule has 0 amide bonds. The van der Waals surface area contributed by atoms with Crippen LogP contribution in [0.5, 0.6) is 0 Å². The fourth-order valence-electron chi connectivity index (χ4n) is 4.43. The monoisotopic (exact) mass is 352 g/mol. The molecule has 2 N–H and O–H groups in total. The molecule has 0 heterocycles. The summed E-state index contributed by atoms with van der Waals surface area (Å²) in [6, 6.07) is 0. The highest BCUT2D eigenvalue weighted by Gasteiger charge is 2.56. The van der Waals surface area contributed by atoms with Crippen LogP contribution in [0.4, 0.5) is 0 Å². The first-order valence-corrected chi connectivity index (χ1v) is 9.82. The van der Waals surface area contributed by atoms with E-state index in [-0.39, 0.29) is 6.42 Å². The predicted octanol–water partition coefficient (Wildman–Crippen LogP) is 5.67. The van der Waals surface area contributed by atoms with E-state index in [1.165, 1.54) is 6.42 Å². The molecule has 0 aliphatic heterocycles. The Morgan fingerprint density at radius 3 is 2.16 bits per heavy atom. The van der Waals surface area contributed by atoms with Crippen molar-refractivity contribution in [3.8, 4) is 0 Å². The molecule has 0 aromatic heterocycles. The Hall–Kier alpha value is -1.32. The third-order valence-corrected chi connectivity index (χ3v) is 6.21. The number of rotatable bonds is 11. The van der Waals surface area contributed by atoms with Crippen LogP contribution in [0.25, 0.3) is 0 Å². The number of carboxylic acid groups (broad SMARTS) is 2. The molecule has 144 valence electrons. The molecule has 2 atom stereocenters. The maximum absolute atomic E-state index is 12.3. The summed E-state index contributed by atoms with van der Waals surface area (Å²) in [5, 5.41) is 20.0. The summed E-state index contributed by atoms with van der Waals surface area (Å²) in [7, 11) is 0. The second-order valence-corrected chi connectivity index (χ2v) is 8.44. The standard InChI is InChI=1S/C21H36O4/c1-5-7-8-9-10-13-20(17(22)23)14-11-15-21(16-20,18(24)25)19(3,4)12-6-2/h11,15H,5-10,12-14,16H2,1-4H3,(H,22,23)(H,24,25). The zero-order valence-corrected chi connectivity index (χ0v) is 16.4. The van der Waals surface area contributed by atoms with Crippen LogP contribution in [0.1, 0.15) is 91.9 Å². The topological polar surface area (TPSA) is 74.6 Å². The van der Waals surface area contributed by atoms with Gasteiger partial charge in [-0.1, -0.05) is 78.4 Å². The van der Waals surface area contributed by atoms with E-state index in [2.05, 4.69) is 6.92 Å². The molecule has 0 radical (unpaired) electrons. The SMILES string of the molecule is CCCCCCCC1(C(=O)O)CC=CC(C(=O)O)(C(C)(C)CCC)C1. The molecule has 4 heteroatoms. The lowest BCUT2D eigenvalue weighted by Crippen LogP contribution is -2.50. The van der Waals surface area contributed by atoms with Crippen molar-refractivity contribution in [3.63, 3.8) is 0 Å². The van der Waals surface area contributed by atoms with Crippen LogP contribution >= 0.6 is 0 Å². The molecule has 0 saturated carbocycles. The normalized spacial score (nSPS) is 26.6. The molecule has 25 heavy (non-hydrogen) atoms. The van der Waals surface area contributed by atoms with Crippen LogP contribution in [-0.4, -0.2) is 22.2 Å². The number of aliphatic carboxylic acids is 2. The first kappa shape index (κ1) is 21.7. The Morgan fingerprint density at radius 2 is 1.64 bits per heavy atom. The van der Waals surface area contributed by atoms with Gasteiger partial charge >= 0.3 is 11.9 Å². The molecular weight excluding hydrogens is 316 g/mol. The van der Waals surface area contributed by atoms with Crippen molar-refractivity contribution in [1.29, 1.82) is 0 Å². The first-order valence-electron chi connectivity index (χ1n) is 9.82. The van der Waals surface area contributed by atoms with Crippen LogP contribution in [0, 0.1) is 16.2 Å². The molecular formula is C21H36O4. The average Bonchev–Trinajstić information content (AvgIpc) is 2.54. The second-order valence-electron chi connectivity index (χ2n) is 8.44. The van der Waals surface area contributed by atoms with E-state index in [4.69, 9.17) is 0 Å². The maximum Gasteiger partial charge on any atom is 0.314 e. The Kier molecular flexibility index (Phi) is 7.70. The van der Waals surface area contributed by atoms with Crippen LogP contribution in [0.15, 0.2) is 12.2 Å². The van der Waals surface area contributed by atoms with Crippen LogP contribution in [-0.2, 0) is 9.59 Å². The molecule has 1 aliphatic rings. The van der Waals surface area contributed by atoms with Gasteiger partial charge < -0.3 is 10.2 Å². The highest BCUT2D eigenvalue weighted by Crippen LogP contribution is 2.55. The minimum atomic E-state index is -1.11. The van der Waals surface area contributed by atoms with Crippen molar-refractivity contribution in [3.05, 3.63) is 12.2 Å². The number of hydrogen-bond donors (Lipinski definition) is 2. The molecule has 1 aliphatic carbocycles. The third kappa shape index (κ3) is 4.65. The van der Waals surface area contributed by atoms with E-state index in [9.17, 15) is 19.8 Å². The zero-order chi connectivity index (χ0) is 19.1. The fourth-order valence-corrected chi connectivity index (χ4v) is 4.43. The summed E-state index contributed by atoms with van der Waals surface area (Å²) in [5.74, 6) is -1.73. The Labute approximate surface area is 152 Å². The van der Waals surface area contributed by atoms with Crippen LogP contribution < -0.4 is 0 Å². The molecule has 0 spiro atoms. The van der Waals surface area contributed by atoms with Crippen LogP contribution in [0.3, 0.4) is 0 Å². The van der Waals surface area contributed by atoms with Crippen molar-refractivity contribution >= 4 is 11.9 Å². The minimum absolute atomic E-state index is 0.196. The summed E-state index contributed by atoms with van der Waals surface area (Å²) in [4.78, 5) is 24.4. The quantitative estimate of drug-likeness (QED) is 0.371. The highest BCUT2D eigenvalue weighted by atomic mass is 16.4. The lowest BCUT2D eigenvalue weighted by atomic mass is 9.53. The van der Waals surface area contributed by atoms with Gasteiger partial charge in [-0.25, -0.2) is 0 Å². The summed E-state index contributed by atoms with van der Waals surface area (Å²) in [6.07, 6.45) is 11.7. The molecule has 1 rings (SSSR count). The van der Waals surface area contributed by atoms with Gasteiger partial charge in [-0.15, -0.1) is 0 Å². The highest BCUT2D eigenvalue weighted by molar-refractivity contribution is 5.82. The van der Waals surface area contributed by atoms with E-state index in [1.807, 2.05) is 26.8 Å². The number of carboxylic acids is 2. The van der Waals surface area contributed by atoms with E-state index < -0.39 is 28.2 Å². The largest absolute Gasteiger partial charge is 0.481 e. The van der Waals surface area contributed by atoms with E-state index in [0.29, 0.717) is 12.8 Å². The van der Waals surface area contributed by atoms with Crippen LogP contribution in [0.2, 0.25) is 0 Å². The number of hydrogen-bond acceptors (Lipinski definition) is 2. The third-order valence-electron chi connectivity index (χ3n) is 6.21. The Morgan fingerprint density at radius 1 is 1.00 bits per heavy atom. The molecule has 4 nitrogen and oxygen atoms in total. The van der Waals surface area contributed by atoms with Gasteiger partial charge in [0.15, 0.2) is 0 Å². The first-order chi connectivity index (χ1) is 11.7. The van der Waals surface area contributed by atoms with Gasteiger partial charge in [0.1, 0.15) is 0 Å². The summed E-state index contributed by atoms with van der Waals surface area (Å²) in [6.45, 7) is 8.13. The Bertz CT molecular complexity index is 494. The summed E-state index contributed by atoms with van der Waals surface area (Å²) < 4.78 is 0. The van der Waals surface area contributed by atoms with E-state index in [0.717, 1.165) is 38.5 Å². The number of carbonyl (C=O) groups is 2. The molecule has 0 bridgehead atoms. The van der Waals surface area contributed by atoms with E-state index in [1.54, 1.807) is 6.08 Å². The van der Waals surface area contributed by atoms with Crippen molar-refractivity contribution in [2.75, 3.05) is 0 Å². The van der Waals surface area contributed by atoms with Crippen molar-refractivity contribution < 1.29 is 19.8 Å². The molecule has 0 aromatic rings. The lowest BCUT2D eigenvalue weighted by Gasteiger charge is -2.48. The summed E-state index contributed by atoms with van der Waals surface area (Å²) >= 11 is 0. The fraction of sp³-hybridized carbons (Fsp3) is 0.810. The molecule has 2 unspecified atom stereocenters. The van der Waals surface area contributed by atoms with Gasteiger partial charge in [-0.2, -0.15) is 0 Å². The summed E-state index contributed by atoms with van der Waals surface area (Å²) in [5.41, 5.74) is -2.54. The Balaban J connectivity index is 3.08. The maximum atomic E-state index is 12.3. The van der Waals surface area contributed by atoms with E-state index >= 15 is 0 Å². The molecule has 0 saturated heterocycles. The zero-order valence-electron chi connectivity index (χ0n) is 16.4.